The van der Waals surface area contributed by atoms with E-state index >= 15 is 0 Å². The van der Waals surface area contributed by atoms with E-state index in [-0.39, 0.29) is 24.4 Å². The maximum Gasteiger partial charge on any atom is 0.419 e. The number of rotatable bonds is 3. The summed E-state index contributed by atoms with van der Waals surface area (Å²) in [5.74, 6) is -1.36. The van der Waals surface area contributed by atoms with E-state index in [0.717, 1.165) is 6.07 Å². The molecule has 0 amide bonds. The maximum atomic E-state index is 12.9. The molecule has 98 valence electrons. The number of halogens is 6. The Balaban J connectivity index is 0.00000256. The first kappa shape index (κ1) is 16.1. The van der Waals surface area contributed by atoms with Crippen LogP contribution in [0.15, 0.2) is 18.2 Å². The zero-order valence-electron chi connectivity index (χ0n) is 8.60. The number of benzene rings is 1. The van der Waals surface area contributed by atoms with Crippen molar-refractivity contribution in [3.8, 4) is 0 Å². The summed E-state index contributed by atoms with van der Waals surface area (Å²) in [6.45, 7) is -0.736. The summed E-state index contributed by atoms with van der Waals surface area (Å²) >= 11 is 0. The predicted octanol–water partition coefficient (Wildman–Crippen LogP) is 3.63. The predicted molar refractivity (Wildman–Crippen MR) is 56.2 cm³/mol. The second-order valence-electron chi connectivity index (χ2n) is 3.32. The third-order valence-corrected chi connectivity index (χ3v) is 2.14. The molecule has 0 aromatic heterocycles. The van der Waals surface area contributed by atoms with Crippen LogP contribution in [0.1, 0.15) is 23.6 Å². The molecule has 0 saturated carbocycles. The molecule has 17 heavy (non-hydrogen) atoms. The van der Waals surface area contributed by atoms with Crippen LogP contribution in [0.2, 0.25) is 0 Å². The highest BCUT2D eigenvalue weighted by Gasteiger charge is 2.34. The lowest BCUT2D eigenvalue weighted by molar-refractivity contribution is -0.140. The lowest BCUT2D eigenvalue weighted by Gasteiger charge is -2.13. The van der Waals surface area contributed by atoms with Gasteiger partial charge in [-0.05, 0) is 24.1 Å². The topological polar surface area (TPSA) is 26.0 Å². The summed E-state index contributed by atoms with van der Waals surface area (Å²) in [6, 6.07) is 1.59. The molecule has 0 radical (unpaired) electrons. The molecule has 0 bridgehead atoms. The van der Waals surface area contributed by atoms with Crippen molar-refractivity contribution in [2.45, 2.75) is 18.6 Å². The van der Waals surface area contributed by atoms with Crippen LogP contribution in [0.3, 0.4) is 0 Å². The van der Waals surface area contributed by atoms with E-state index in [0.29, 0.717) is 12.1 Å². The van der Waals surface area contributed by atoms with E-state index in [1.165, 1.54) is 0 Å². The van der Waals surface area contributed by atoms with Gasteiger partial charge in [0, 0.05) is 6.04 Å². The molecule has 1 aromatic rings. The molecule has 0 aliphatic heterocycles. The minimum atomic E-state index is -4.77. The van der Waals surface area contributed by atoms with Crippen LogP contribution in [-0.2, 0) is 6.18 Å². The average Bonchev–Trinajstić information content (AvgIpc) is 2.16. The first-order chi connectivity index (χ1) is 7.36. The van der Waals surface area contributed by atoms with Crippen molar-refractivity contribution < 1.29 is 22.0 Å². The zero-order chi connectivity index (χ0) is 12.3. The Morgan fingerprint density at radius 3 is 2.29 bits per heavy atom. The van der Waals surface area contributed by atoms with E-state index in [9.17, 15) is 22.0 Å². The molecule has 0 fully saturated rings. The molecule has 0 unspecified atom stereocenters. The van der Waals surface area contributed by atoms with Crippen molar-refractivity contribution in [1.82, 2.24) is 0 Å². The van der Waals surface area contributed by atoms with Gasteiger partial charge >= 0.3 is 6.18 Å². The van der Waals surface area contributed by atoms with Crippen LogP contribution in [0.25, 0.3) is 0 Å². The molecule has 1 aromatic carbocycles. The molecule has 0 aliphatic carbocycles. The van der Waals surface area contributed by atoms with Gasteiger partial charge in [0.2, 0.25) is 0 Å². The molecule has 0 heterocycles. The highest BCUT2D eigenvalue weighted by molar-refractivity contribution is 5.85. The fourth-order valence-electron chi connectivity index (χ4n) is 1.27. The van der Waals surface area contributed by atoms with Crippen molar-refractivity contribution in [2.24, 2.45) is 5.73 Å². The van der Waals surface area contributed by atoms with Crippen LogP contribution in [0, 0.1) is 5.82 Å². The van der Waals surface area contributed by atoms with E-state index in [1.54, 1.807) is 0 Å². The number of hydrogen-bond acceptors (Lipinski definition) is 1. The Morgan fingerprint density at radius 2 is 1.82 bits per heavy atom. The van der Waals surface area contributed by atoms with E-state index in [1.807, 2.05) is 0 Å². The Hall–Kier alpha value is -0.880. The monoisotopic (exact) mass is 275 g/mol. The Kier molecular flexibility index (Phi) is 5.84. The summed E-state index contributed by atoms with van der Waals surface area (Å²) in [7, 11) is 0. The third-order valence-electron chi connectivity index (χ3n) is 2.14. The molecule has 0 saturated heterocycles. The minimum absolute atomic E-state index is 0. The SMILES string of the molecule is Cl.N[C@@H](CCF)c1ccc(F)c(C(F)(F)F)c1. The highest BCUT2D eigenvalue weighted by atomic mass is 35.5. The number of hydrogen-bond donors (Lipinski definition) is 1. The molecule has 1 rings (SSSR count). The van der Waals surface area contributed by atoms with Gasteiger partial charge in [-0.2, -0.15) is 13.2 Å². The minimum Gasteiger partial charge on any atom is -0.324 e. The summed E-state index contributed by atoms with van der Waals surface area (Å²) in [6.07, 6.45) is -4.86. The Morgan fingerprint density at radius 1 is 1.24 bits per heavy atom. The van der Waals surface area contributed by atoms with Crippen LogP contribution < -0.4 is 5.73 Å². The van der Waals surface area contributed by atoms with Gasteiger partial charge in [-0.3, -0.25) is 4.39 Å². The van der Waals surface area contributed by atoms with Crippen LogP contribution in [-0.4, -0.2) is 6.67 Å². The van der Waals surface area contributed by atoms with Crippen LogP contribution >= 0.6 is 12.4 Å². The van der Waals surface area contributed by atoms with Crippen molar-refractivity contribution in [2.75, 3.05) is 6.67 Å². The largest absolute Gasteiger partial charge is 0.419 e. The molecular formula is C10H11ClF5N. The van der Waals surface area contributed by atoms with Crippen molar-refractivity contribution in [3.05, 3.63) is 35.1 Å². The van der Waals surface area contributed by atoms with Gasteiger partial charge in [-0.25, -0.2) is 4.39 Å². The second kappa shape index (κ2) is 6.16. The smallest absolute Gasteiger partial charge is 0.324 e. The molecule has 0 spiro atoms. The van der Waals surface area contributed by atoms with E-state index < -0.39 is 30.3 Å². The van der Waals surface area contributed by atoms with E-state index in [2.05, 4.69) is 0 Å². The standard InChI is InChI=1S/C10H10F5N.ClH/c11-4-3-9(16)6-1-2-8(12)7(5-6)10(13,14)15;/h1-2,5,9H,3-4,16H2;1H/t9-;/m0./s1. The van der Waals surface area contributed by atoms with Crippen molar-refractivity contribution in [1.29, 1.82) is 0 Å². The number of nitrogens with two attached hydrogens (primary N) is 1. The van der Waals surface area contributed by atoms with Gasteiger partial charge in [0.25, 0.3) is 0 Å². The van der Waals surface area contributed by atoms with Gasteiger partial charge in [0.05, 0.1) is 12.2 Å². The summed E-state index contributed by atoms with van der Waals surface area (Å²) in [5, 5.41) is 0. The van der Waals surface area contributed by atoms with Gasteiger partial charge in [0.1, 0.15) is 5.82 Å². The normalized spacial score (nSPS) is 13.1. The first-order valence-corrected chi connectivity index (χ1v) is 4.54. The quantitative estimate of drug-likeness (QED) is 0.838. The molecule has 7 heteroatoms. The van der Waals surface area contributed by atoms with Gasteiger partial charge in [-0.15, -0.1) is 12.4 Å². The van der Waals surface area contributed by atoms with Crippen molar-refractivity contribution >= 4 is 12.4 Å². The highest BCUT2D eigenvalue weighted by Crippen LogP contribution is 2.33. The fraction of sp³-hybridized carbons (Fsp3) is 0.400. The summed E-state index contributed by atoms with van der Waals surface area (Å²) in [5.41, 5.74) is 4.14. The number of alkyl halides is 4. The average molecular weight is 276 g/mol. The third kappa shape index (κ3) is 4.12. The second-order valence-corrected chi connectivity index (χ2v) is 3.32. The lowest BCUT2D eigenvalue weighted by atomic mass is 10.0. The summed E-state index contributed by atoms with van der Waals surface area (Å²) < 4.78 is 61.8. The fourth-order valence-corrected chi connectivity index (χ4v) is 1.27. The molecule has 1 nitrogen and oxygen atoms in total. The summed E-state index contributed by atoms with van der Waals surface area (Å²) in [4.78, 5) is 0. The van der Waals surface area contributed by atoms with Crippen LogP contribution in [0.5, 0.6) is 0 Å². The van der Waals surface area contributed by atoms with Crippen LogP contribution in [0.4, 0.5) is 22.0 Å². The molecule has 2 N–H and O–H groups in total. The maximum absolute atomic E-state index is 12.9. The lowest BCUT2D eigenvalue weighted by Crippen LogP contribution is -2.14. The molecule has 0 aliphatic rings. The first-order valence-electron chi connectivity index (χ1n) is 4.54. The zero-order valence-corrected chi connectivity index (χ0v) is 9.42. The Bertz CT molecular complexity index is 366. The van der Waals surface area contributed by atoms with E-state index in [4.69, 9.17) is 5.73 Å². The van der Waals surface area contributed by atoms with Gasteiger partial charge in [-0.1, -0.05) is 6.07 Å². The van der Waals surface area contributed by atoms with Gasteiger partial charge in [0.15, 0.2) is 0 Å². The molecular weight excluding hydrogens is 265 g/mol. The van der Waals surface area contributed by atoms with Gasteiger partial charge < -0.3 is 5.73 Å². The molecule has 1 atom stereocenters. The van der Waals surface area contributed by atoms with Crippen molar-refractivity contribution in [3.63, 3.8) is 0 Å². The Labute approximate surface area is 101 Å².